The topological polar surface area (TPSA) is 65.8 Å². The van der Waals surface area contributed by atoms with Crippen molar-refractivity contribution < 1.29 is 13.6 Å². The number of benzene rings is 2. The first-order chi connectivity index (χ1) is 12.1. The van der Waals surface area contributed by atoms with E-state index in [4.69, 9.17) is 5.26 Å². The van der Waals surface area contributed by atoms with Crippen LogP contribution < -0.4 is 5.32 Å². The Kier molecular flexibility index (Phi) is 3.55. The Balaban J connectivity index is 1.99. The van der Waals surface area contributed by atoms with Crippen LogP contribution in [0.5, 0.6) is 0 Å². The number of hydrogen-bond donors (Lipinski definition) is 1. The predicted octanol–water partition coefficient (Wildman–Crippen LogP) is 3.87. The Morgan fingerprint density at radius 2 is 1.96 bits per heavy atom. The van der Waals surface area contributed by atoms with Gasteiger partial charge in [0, 0.05) is 34.8 Å². The van der Waals surface area contributed by atoms with Gasteiger partial charge in [-0.05, 0) is 52.5 Å². The smallest absolute Gasteiger partial charge is 0.251 e. The lowest BCUT2D eigenvalue weighted by molar-refractivity contribution is 0.0966. The monoisotopic (exact) mass is 353 g/mol. The molecule has 0 atom stereocenters. The fourth-order valence-electron chi connectivity index (χ4n) is 2.96. The summed E-state index contributed by atoms with van der Waals surface area (Å²) in [6.45, 7) is 0.384. The van der Waals surface area contributed by atoms with Crippen LogP contribution in [0.1, 0.15) is 21.5 Å². The quantitative estimate of drug-likeness (QED) is 0.760. The van der Waals surface area contributed by atoms with Gasteiger partial charge in [-0.15, -0.1) is 0 Å². The lowest BCUT2D eigenvalue weighted by Gasteiger charge is -2.11. The molecule has 0 bridgehead atoms. The second kappa shape index (κ2) is 5.76. The van der Waals surface area contributed by atoms with Crippen LogP contribution >= 0.6 is 11.5 Å². The molecule has 1 amide bonds. The Morgan fingerprint density at radius 3 is 2.68 bits per heavy atom. The van der Waals surface area contributed by atoms with E-state index in [1.54, 1.807) is 18.3 Å². The molecule has 0 saturated heterocycles. The summed E-state index contributed by atoms with van der Waals surface area (Å²) in [4.78, 5) is 12.1. The lowest BCUT2D eigenvalue weighted by atomic mass is 9.92. The lowest BCUT2D eigenvalue weighted by Crippen LogP contribution is -2.12. The van der Waals surface area contributed by atoms with Crippen molar-refractivity contribution in [3.63, 3.8) is 0 Å². The predicted molar refractivity (Wildman–Crippen MR) is 88.8 cm³/mol. The third-order valence-electron chi connectivity index (χ3n) is 4.18. The number of aromatic nitrogens is 1. The van der Waals surface area contributed by atoms with Gasteiger partial charge in [0.05, 0.1) is 0 Å². The van der Waals surface area contributed by atoms with Crippen LogP contribution in [0.15, 0.2) is 35.8 Å². The first-order valence-electron chi connectivity index (χ1n) is 7.33. The van der Waals surface area contributed by atoms with E-state index in [1.165, 1.54) is 23.7 Å². The number of rotatable bonds is 2. The minimum Gasteiger partial charge on any atom is -0.348 e. The molecule has 2 heterocycles. The van der Waals surface area contributed by atoms with Crippen molar-refractivity contribution in [3.8, 4) is 28.3 Å². The summed E-state index contributed by atoms with van der Waals surface area (Å²) in [7, 11) is 0. The van der Waals surface area contributed by atoms with E-state index in [0.717, 1.165) is 22.8 Å². The van der Waals surface area contributed by atoms with E-state index in [-0.39, 0.29) is 11.5 Å². The first kappa shape index (κ1) is 15.4. The maximum absolute atomic E-state index is 14.6. The molecule has 0 radical (unpaired) electrons. The van der Waals surface area contributed by atoms with Gasteiger partial charge in [-0.2, -0.15) is 5.26 Å². The number of fused-ring (bicyclic) bond motifs is 1. The first-order valence-corrected chi connectivity index (χ1v) is 8.17. The number of nitriles is 1. The molecule has 1 N–H and O–H groups in total. The largest absolute Gasteiger partial charge is 0.348 e. The van der Waals surface area contributed by atoms with E-state index in [2.05, 4.69) is 9.69 Å². The highest BCUT2D eigenvalue weighted by Gasteiger charge is 2.25. The standard InChI is InChI=1S/C18H9F2N3OS/c19-16-2-1-11(17(20)14(16)5-21)9-3-12(10-6-23-25-8-10)15-7-22-18(24)13(15)4-9/h1-4,6,8H,7H2,(H,22,24). The average molecular weight is 353 g/mol. The fraction of sp³-hybridized carbons (Fsp3) is 0.0556. The molecule has 25 heavy (non-hydrogen) atoms. The Bertz CT molecular complexity index is 1060. The van der Waals surface area contributed by atoms with Gasteiger partial charge < -0.3 is 5.32 Å². The van der Waals surface area contributed by atoms with E-state index in [0.29, 0.717) is 17.7 Å². The highest BCUT2D eigenvalue weighted by molar-refractivity contribution is 7.03. The summed E-state index contributed by atoms with van der Waals surface area (Å²) in [5.74, 6) is -2.09. The molecule has 3 aromatic rings. The summed E-state index contributed by atoms with van der Waals surface area (Å²) in [6, 6.07) is 7.17. The van der Waals surface area contributed by atoms with Crippen LogP contribution in [-0.2, 0) is 6.54 Å². The van der Waals surface area contributed by atoms with Crippen LogP contribution in [0.4, 0.5) is 8.78 Å². The summed E-state index contributed by atoms with van der Waals surface area (Å²) in [5, 5.41) is 13.6. The molecule has 0 fully saturated rings. The highest BCUT2D eigenvalue weighted by Crippen LogP contribution is 2.36. The van der Waals surface area contributed by atoms with Crippen LogP contribution in [-0.4, -0.2) is 10.3 Å². The van der Waals surface area contributed by atoms with Crippen LogP contribution in [0.25, 0.3) is 22.3 Å². The molecular formula is C18H9F2N3OS. The summed E-state index contributed by atoms with van der Waals surface area (Å²) in [6.07, 6.45) is 1.68. The molecule has 1 aliphatic rings. The Hall–Kier alpha value is -3.11. The van der Waals surface area contributed by atoms with Gasteiger partial charge in [0.1, 0.15) is 17.4 Å². The normalized spacial score (nSPS) is 12.6. The zero-order chi connectivity index (χ0) is 17.6. The molecule has 2 aromatic carbocycles. The molecule has 0 spiro atoms. The van der Waals surface area contributed by atoms with Gasteiger partial charge in [-0.1, -0.05) is 0 Å². The molecule has 4 nitrogen and oxygen atoms in total. The summed E-state index contributed by atoms with van der Waals surface area (Å²) in [5.41, 5.74) is 2.69. The highest BCUT2D eigenvalue weighted by atomic mass is 32.1. The molecular weight excluding hydrogens is 344 g/mol. The van der Waals surface area contributed by atoms with Gasteiger partial charge in [0.15, 0.2) is 5.82 Å². The minimum absolute atomic E-state index is 0.0740. The van der Waals surface area contributed by atoms with Crippen LogP contribution in [0.3, 0.4) is 0 Å². The minimum atomic E-state index is -0.935. The van der Waals surface area contributed by atoms with Crippen molar-refractivity contribution in [2.24, 2.45) is 0 Å². The molecule has 1 aliphatic heterocycles. The van der Waals surface area contributed by atoms with Gasteiger partial charge in [-0.25, -0.2) is 13.2 Å². The van der Waals surface area contributed by atoms with Crippen molar-refractivity contribution in [1.29, 1.82) is 5.26 Å². The van der Waals surface area contributed by atoms with Crippen LogP contribution in [0.2, 0.25) is 0 Å². The van der Waals surface area contributed by atoms with Gasteiger partial charge in [0.2, 0.25) is 0 Å². The Labute approximate surface area is 145 Å². The van der Waals surface area contributed by atoms with Gasteiger partial charge in [-0.3, -0.25) is 4.79 Å². The number of nitrogens with one attached hydrogen (secondary N) is 1. The fourth-order valence-corrected chi connectivity index (χ4v) is 3.49. The van der Waals surface area contributed by atoms with E-state index in [9.17, 15) is 13.6 Å². The maximum atomic E-state index is 14.6. The second-order valence-corrected chi connectivity index (χ2v) is 6.20. The summed E-state index contributed by atoms with van der Waals surface area (Å²) < 4.78 is 32.2. The molecule has 4 rings (SSSR count). The Morgan fingerprint density at radius 1 is 1.16 bits per heavy atom. The molecule has 0 aliphatic carbocycles. The van der Waals surface area contributed by atoms with Crippen LogP contribution in [0, 0.1) is 23.0 Å². The van der Waals surface area contributed by atoms with Crippen molar-refractivity contribution in [2.75, 3.05) is 0 Å². The number of halogens is 2. The SMILES string of the molecule is N#Cc1c(F)ccc(-c2cc3c(c(-c4cnsc4)c2)CNC3=O)c1F. The third kappa shape index (κ3) is 2.39. The van der Waals surface area contributed by atoms with Crippen molar-refractivity contribution in [3.05, 3.63) is 64.2 Å². The van der Waals surface area contributed by atoms with Gasteiger partial charge in [0.25, 0.3) is 5.91 Å². The van der Waals surface area contributed by atoms with E-state index >= 15 is 0 Å². The average Bonchev–Trinajstić information content (AvgIpc) is 3.25. The number of hydrogen-bond acceptors (Lipinski definition) is 4. The number of amides is 1. The third-order valence-corrected chi connectivity index (χ3v) is 4.76. The number of nitrogens with zero attached hydrogens (tertiary/aromatic N) is 2. The van der Waals surface area contributed by atoms with Gasteiger partial charge >= 0.3 is 0 Å². The van der Waals surface area contributed by atoms with E-state index in [1.807, 2.05) is 5.38 Å². The number of carbonyl (C=O) groups is 1. The van der Waals surface area contributed by atoms with Crippen molar-refractivity contribution >= 4 is 17.4 Å². The zero-order valence-electron chi connectivity index (χ0n) is 12.6. The molecule has 7 heteroatoms. The van der Waals surface area contributed by atoms with E-state index < -0.39 is 17.2 Å². The molecule has 122 valence electrons. The second-order valence-electron chi connectivity index (χ2n) is 5.54. The molecule has 0 unspecified atom stereocenters. The maximum Gasteiger partial charge on any atom is 0.251 e. The zero-order valence-corrected chi connectivity index (χ0v) is 13.5. The number of carbonyl (C=O) groups excluding carboxylic acids is 1. The van der Waals surface area contributed by atoms with Crippen molar-refractivity contribution in [2.45, 2.75) is 6.54 Å². The summed E-state index contributed by atoms with van der Waals surface area (Å²) >= 11 is 1.27. The molecule has 1 aromatic heterocycles. The van der Waals surface area contributed by atoms with Crippen molar-refractivity contribution in [1.82, 2.24) is 9.69 Å². The molecule has 0 saturated carbocycles.